The van der Waals surface area contributed by atoms with Crippen molar-refractivity contribution >= 4 is 11.9 Å². The molecule has 1 N–H and O–H groups in total. The van der Waals surface area contributed by atoms with E-state index in [1.165, 1.54) is 17.0 Å². The Bertz CT molecular complexity index is 795. The van der Waals surface area contributed by atoms with Gasteiger partial charge in [-0.3, -0.25) is 9.59 Å². The van der Waals surface area contributed by atoms with Crippen LogP contribution in [-0.4, -0.2) is 27.9 Å². The van der Waals surface area contributed by atoms with Gasteiger partial charge in [0, 0.05) is 30.5 Å². The van der Waals surface area contributed by atoms with Crippen LogP contribution in [0.5, 0.6) is 0 Å². The quantitative estimate of drug-likeness (QED) is 0.904. The zero-order valence-electron chi connectivity index (χ0n) is 13.4. The average molecular weight is 345 g/mol. The van der Waals surface area contributed by atoms with Crippen molar-refractivity contribution in [3.8, 4) is 0 Å². The standard InChI is InChI=1S/C19H17F2NO3/c20-15-8-4-7-13(19(15)21)11-22-16(10-18(24)25)14(9-17(22)23)12-5-2-1-3-6-12/h1-8,14,16H,9-11H2,(H,24,25). The van der Waals surface area contributed by atoms with Crippen LogP contribution in [0.25, 0.3) is 0 Å². The number of amides is 1. The van der Waals surface area contributed by atoms with Crippen molar-refractivity contribution in [2.75, 3.05) is 0 Å². The number of carbonyl (C=O) groups excluding carboxylic acids is 1. The van der Waals surface area contributed by atoms with Gasteiger partial charge < -0.3 is 10.0 Å². The first-order chi connectivity index (χ1) is 12.0. The van der Waals surface area contributed by atoms with E-state index in [4.69, 9.17) is 0 Å². The average Bonchev–Trinajstić information content (AvgIpc) is 2.88. The largest absolute Gasteiger partial charge is 0.481 e. The van der Waals surface area contributed by atoms with Gasteiger partial charge in [0.15, 0.2) is 11.6 Å². The maximum Gasteiger partial charge on any atom is 0.305 e. The molecule has 0 aliphatic carbocycles. The summed E-state index contributed by atoms with van der Waals surface area (Å²) < 4.78 is 27.4. The Balaban J connectivity index is 1.92. The summed E-state index contributed by atoms with van der Waals surface area (Å²) in [6.45, 7) is -0.149. The van der Waals surface area contributed by atoms with Gasteiger partial charge in [0.2, 0.25) is 5.91 Å². The summed E-state index contributed by atoms with van der Waals surface area (Å²) >= 11 is 0. The van der Waals surface area contributed by atoms with E-state index in [2.05, 4.69) is 0 Å². The fourth-order valence-electron chi connectivity index (χ4n) is 3.37. The highest BCUT2D eigenvalue weighted by molar-refractivity contribution is 5.82. The molecule has 1 heterocycles. The number of halogens is 2. The number of hydrogen-bond donors (Lipinski definition) is 1. The van der Waals surface area contributed by atoms with E-state index >= 15 is 0 Å². The van der Waals surface area contributed by atoms with Gasteiger partial charge in [-0.25, -0.2) is 8.78 Å². The highest BCUT2D eigenvalue weighted by atomic mass is 19.2. The predicted octanol–water partition coefficient (Wildman–Crippen LogP) is 3.32. The number of likely N-dealkylation sites (tertiary alicyclic amines) is 1. The number of benzene rings is 2. The van der Waals surface area contributed by atoms with Gasteiger partial charge in [0.25, 0.3) is 0 Å². The second-order valence-electron chi connectivity index (χ2n) is 6.12. The van der Waals surface area contributed by atoms with Gasteiger partial charge in [0.05, 0.1) is 6.42 Å². The van der Waals surface area contributed by atoms with Crippen LogP contribution in [0.2, 0.25) is 0 Å². The normalized spacial score (nSPS) is 20.1. The van der Waals surface area contributed by atoms with Crippen molar-refractivity contribution in [1.29, 1.82) is 0 Å². The van der Waals surface area contributed by atoms with E-state index in [1.807, 2.05) is 30.3 Å². The van der Waals surface area contributed by atoms with Crippen LogP contribution >= 0.6 is 0 Å². The number of rotatable bonds is 5. The molecule has 3 rings (SSSR count). The van der Waals surface area contributed by atoms with Gasteiger partial charge in [-0.1, -0.05) is 42.5 Å². The molecule has 2 aromatic rings. The zero-order chi connectivity index (χ0) is 18.0. The summed E-state index contributed by atoms with van der Waals surface area (Å²) in [6.07, 6.45) is -0.0961. The maximum atomic E-state index is 14.0. The molecule has 2 atom stereocenters. The second kappa shape index (κ2) is 7.01. The molecule has 2 unspecified atom stereocenters. The van der Waals surface area contributed by atoms with Crippen molar-refractivity contribution in [1.82, 2.24) is 4.90 Å². The Kier molecular flexibility index (Phi) is 4.79. The minimum atomic E-state index is -1.04. The second-order valence-corrected chi connectivity index (χ2v) is 6.12. The van der Waals surface area contributed by atoms with Crippen molar-refractivity contribution in [2.45, 2.75) is 31.3 Å². The molecule has 1 amide bonds. The van der Waals surface area contributed by atoms with E-state index in [0.29, 0.717) is 0 Å². The molecule has 0 saturated carbocycles. The van der Waals surface area contributed by atoms with Crippen LogP contribution in [0, 0.1) is 11.6 Å². The Morgan fingerprint density at radius 3 is 2.52 bits per heavy atom. The van der Waals surface area contributed by atoms with Crippen molar-refractivity contribution in [2.24, 2.45) is 0 Å². The van der Waals surface area contributed by atoms with E-state index in [0.717, 1.165) is 11.6 Å². The lowest BCUT2D eigenvalue weighted by molar-refractivity contribution is -0.139. The number of carboxylic acid groups (broad SMARTS) is 1. The van der Waals surface area contributed by atoms with Gasteiger partial charge >= 0.3 is 5.97 Å². The molecule has 130 valence electrons. The van der Waals surface area contributed by atoms with Crippen LogP contribution in [-0.2, 0) is 16.1 Å². The lowest BCUT2D eigenvalue weighted by Crippen LogP contribution is -2.36. The molecule has 2 aromatic carbocycles. The smallest absolute Gasteiger partial charge is 0.305 e. The van der Waals surface area contributed by atoms with E-state index < -0.39 is 23.6 Å². The Labute approximate surface area is 143 Å². The summed E-state index contributed by atoms with van der Waals surface area (Å²) in [5.74, 6) is -3.58. The molecular weight excluding hydrogens is 328 g/mol. The monoisotopic (exact) mass is 345 g/mol. The first kappa shape index (κ1) is 17.1. The molecule has 25 heavy (non-hydrogen) atoms. The highest BCUT2D eigenvalue weighted by Gasteiger charge is 2.41. The van der Waals surface area contributed by atoms with Gasteiger partial charge in [-0.2, -0.15) is 0 Å². The fourth-order valence-corrected chi connectivity index (χ4v) is 3.37. The first-order valence-corrected chi connectivity index (χ1v) is 7.96. The van der Waals surface area contributed by atoms with E-state index in [1.54, 1.807) is 0 Å². The molecule has 0 aromatic heterocycles. The molecule has 4 nitrogen and oxygen atoms in total. The Morgan fingerprint density at radius 2 is 1.84 bits per heavy atom. The molecule has 0 spiro atoms. The maximum absolute atomic E-state index is 14.0. The third-order valence-electron chi connectivity index (χ3n) is 4.56. The van der Waals surface area contributed by atoms with Crippen LogP contribution < -0.4 is 0 Å². The minimum absolute atomic E-state index is 0.0393. The van der Waals surface area contributed by atoms with Crippen molar-refractivity contribution in [3.63, 3.8) is 0 Å². The van der Waals surface area contributed by atoms with Crippen LogP contribution in [0.4, 0.5) is 8.78 Å². The number of hydrogen-bond acceptors (Lipinski definition) is 2. The molecule has 1 saturated heterocycles. The summed E-state index contributed by atoms with van der Waals surface area (Å²) in [6, 6.07) is 12.4. The molecule has 0 bridgehead atoms. The first-order valence-electron chi connectivity index (χ1n) is 7.96. The summed E-state index contributed by atoms with van der Waals surface area (Å²) in [7, 11) is 0. The zero-order valence-corrected chi connectivity index (χ0v) is 13.4. The van der Waals surface area contributed by atoms with Gasteiger partial charge in [-0.15, -0.1) is 0 Å². The number of carboxylic acids is 1. The van der Waals surface area contributed by atoms with Crippen LogP contribution in [0.1, 0.15) is 29.9 Å². The molecule has 6 heteroatoms. The lowest BCUT2D eigenvalue weighted by atomic mass is 9.90. The van der Waals surface area contributed by atoms with Gasteiger partial charge in [-0.05, 0) is 11.6 Å². The van der Waals surface area contributed by atoms with E-state index in [9.17, 15) is 23.5 Å². The third-order valence-corrected chi connectivity index (χ3v) is 4.56. The van der Waals surface area contributed by atoms with Crippen LogP contribution in [0.15, 0.2) is 48.5 Å². The highest BCUT2D eigenvalue weighted by Crippen LogP contribution is 2.37. The molecule has 1 aliphatic rings. The lowest BCUT2D eigenvalue weighted by Gasteiger charge is -2.27. The Hall–Kier alpha value is -2.76. The Morgan fingerprint density at radius 1 is 1.12 bits per heavy atom. The fraction of sp³-hybridized carbons (Fsp3) is 0.263. The number of aliphatic carboxylic acids is 1. The SMILES string of the molecule is O=C(O)CC1C(c2ccccc2)CC(=O)N1Cc1cccc(F)c1F. The van der Waals surface area contributed by atoms with E-state index in [-0.39, 0.29) is 36.8 Å². The summed E-state index contributed by atoms with van der Waals surface area (Å²) in [5, 5.41) is 9.24. The number of nitrogens with zero attached hydrogens (tertiary/aromatic N) is 1. The molecule has 1 fully saturated rings. The molecule has 0 radical (unpaired) electrons. The summed E-state index contributed by atoms with van der Waals surface area (Å²) in [5.41, 5.74) is 0.904. The predicted molar refractivity (Wildman–Crippen MR) is 86.7 cm³/mol. The minimum Gasteiger partial charge on any atom is -0.481 e. The topological polar surface area (TPSA) is 57.6 Å². The summed E-state index contributed by atoms with van der Waals surface area (Å²) in [4.78, 5) is 25.1. The van der Waals surface area contributed by atoms with Gasteiger partial charge in [0.1, 0.15) is 0 Å². The third kappa shape index (κ3) is 3.52. The molecule has 1 aliphatic heterocycles. The van der Waals surface area contributed by atoms with Crippen molar-refractivity contribution in [3.05, 3.63) is 71.3 Å². The number of carbonyl (C=O) groups is 2. The van der Waals surface area contributed by atoms with Crippen LogP contribution in [0.3, 0.4) is 0 Å². The van der Waals surface area contributed by atoms with Crippen molar-refractivity contribution < 1.29 is 23.5 Å². The molecular formula is C19H17F2NO3.